The van der Waals surface area contributed by atoms with E-state index in [-0.39, 0.29) is 11.1 Å². The monoisotopic (exact) mass is 283 g/mol. The summed E-state index contributed by atoms with van der Waals surface area (Å²) in [5.74, 6) is 0.0861. The molecule has 0 saturated heterocycles. The summed E-state index contributed by atoms with van der Waals surface area (Å²) in [6, 6.07) is 11.1. The molecular weight excluding hydrogens is 274 g/mol. The minimum atomic E-state index is 0.0861. The fraction of sp³-hybridized carbons (Fsp3) is 0.133. The molecule has 4 nitrogen and oxygen atoms in total. The summed E-state index contributed by atoms with van der Waals surface area (Å²) in [6.07, 6.45) is 0.406. The molecule has 0 aliphatic carbocycles. The Balaban J connectivity index is 2.05. The topological polar surface area (TPSA) is 57.0 Å². The maximum atomic E-state index is 11.7. The van der Waals surface area contributed by atoms with Crippen LogP contribution in [0.25, 0.3) is 11.3 Å². The molecule has 0 N–H and O–H groups in total. The Labute approximate surface area is 121 Å². The van der Waals surface area contributed by atoms with Gasteiger partial charge in [-0.3, -0.25) is 4.79 Å². The van der Waals surface area contributed by atoms with Crippen LogP contribution in [0, 0.1) is 11.3 Å². The molecule has 2 heterocycles. The number of hydrogen-bond acceptors (Lipinski definition) is 3. The van der Waals surface area contributed by atoms with Gasteiger partial charge in [0.1, 0.15) is 11.2 Å². The number of nitrogens with zero attached hydrogens (tertiary/aromatic N) is 3. The number of carbonyl (C=O) groups excluding carboxylic acids is 1. The van der Waals surface area contributed by atoms with Gasteiger partial charge in [0.25, 0.3) is 0 Å². The second-order valence-electron chi connectivity index (χ2n) is 4.62. The first kappa shape index (κ1) is 12.6. The van der Waals surface area contributed by atoms with Crippen LogP contribution in [-0.4, -0.2) is 17.9 Å². The first-order valence-corrected chi connectivity index (χ1v) is 6.44. The first-order valence-electron chi connectivity index (χ1n) is 6.06. The third-order valence-electron chi connectivity index (χ3n) is 3.42. The summed E-state index contributed by atoms with van der Waals surface area (Å²) in [4.78, 5) is 17.5. The molecule has 0 atom stereocenters. The van der Waals surface area contributed by atoms with Gasteiger partial charge in [0, 0.05) is 18.3 Å². The smallest absolute Gasteiger partial charge is 0.231 e. The van der Waals surface area contributed by atoms with Gasteiger partial charge in [-0.1, -0.05) is 17.7 Å². The zero-order chi connectivity index (χ0) is 14.3. The summed E-state index contributed by atoms with van der Waals surface area (Å²) in [5.41, 5.74) is 3.85. The van der Waals surface area contributed by atoms with Gasteiger partial charge < -0.3 is 4.90 Å². The molecule has 1 amide bonds. The van der Waals surface area contributed by atoms with Crippen molar-refractivity contribution in [1.82, 2.24) is 4.98 Å². The minimum Gasteiger partial charge on any atom is -0.315 e. The molecule has 98 valence electrons. The maximum Gasteiger partial charge on any atom is 0.231 e. The molecule has 0 unspecified atom stereocenters. The Morgan fingerprint density at radius 2 is 2.15 bits per heavy atom. The van der Waals surface area contributed by atoms with Crippen molar-refractivity contribution in [2.75, 3.05) is 11.9 Å². The molecule has 5 heteroatoms. The number of hydrogen-bond donors (Lipinski definition) is 0. The number of pyridine rings is 1. The predicted molar refractivity (Wildman–Crippen MR) is 76.5 cm³/mol. The standard InChI is InChI=1S/C15H10ClN3O/c1-19-13-5-3-9(6-11(13)7-14(19)20)12-4-2-10(8-17)15(16)18-12/h2-6H,7H2,1H3. The lowest BCUT2D eigenvalue weighted by Gasteiger charge is -2.10. The third kappa shape index (κ3) is 1.93. The number of aromatic nitrogens is 1. The number of nitriles is 1. The van der Waals surface area contributed by atoms with E-state index in [2.05, 4.69) is 4.98 Å². The Bertz CT molecular complexity index is 764. The highest BCUT2D eigenvalue weighted by Gasteiger charge is 2.24. The van der Waals surface area contributed by atoms with Crippen molar-refractivity contribution >= 4 is 23.2 Å². The molecule has 1 aromatic carbocycles. The van der Waals surface area contributed by atoms with E-state index in [0.29, 0.717) is 17.7 Å². The summed E-state index contributed by atoms with van der Waals surface area (Å²) in [7, 11) is 1.77. The normalized spacial score (nSPS) is 13.2. The summed E-state index contributed by atoms with van der Waals surface area (Å²) >= 11 is 5.95. The van der Waals surface area contributed by atoms with Gasteiger partial charge >= 0.3 is 0 Å². The fourth-order valence-electron chi connectivity index (χ4n) is 2.31. The third-order valence-corrected chi connectivity index (χ3v) is 3.71. The van der Waals surface area contributed by atoms with E-state index in [0.717, 1.165) is 16.8 Å². The van der Waals surface area contributed by atoms with Gasteiger partial charge in [-0.2, -0.15) is 5.26 Å². The highest BCUT2D eigenvalue weighted by atomic mass is 35.5. The van der Waals surface area contributed by atoms with Crippen LogP contribution >= 0.6 is 11.6 Å². The number of fused-ring (bicyclic) bond motifs is 1. The van der Waals surface area contributed by atoms with Crippen LogP contribution in [0.4, 0.5) is 5.69 Å². The highest BCUT2D eigenvalue weighted by Crippen LogP contribution is 2.32. The van der Waals surface area contributed by atoms with E-state index in [1.807, 2.05) is 24.3 Å². The van der Waals surface area contributed by atoms with E-state index < -0.39 is 0 Å². The molecule has 3 rings (SSSR count). The van der Waals surface area contributed by atoms with Crippen LogP contribution in [0.3, 0.4) is 0 Å². The number of halogens is 1. The molecule has 0 saturated carbocycles. The Morgan fingerprint density at radius 3 is 2.85 bits per heavy atom. The maximum absolute atomic E-state index is 11.7. The zero-order valence-corrected chi connectivity index (χ0v) is 11.5. The fourth-order valence-corrected chi connectivity index (χ4v) is 2.50. The number of likely N-dealkylation sites (N-methyl/N-ethyl adjacent to an activating group) is 1. The van der Waals surface area contributed by atoms with Gasteiger partial charge in [-0.15, -0.1) is 0 Å². The highest BCUT2D eigenvalue weighted by molar-refractivity contribution is 6.30. The first-order chi connectivity index (χ1) is 9.60. The lowest BCUT2D eigenvalue weighted by molar-refractivity contribution is -0.117. The second kappa shape index (κ2) is 4.62. The van der Waals surface area contributed by atoms with Crippen LogP contribution < -0.4 is 4.90 Å². The number of carbonyl (C=O) groups is 1. The quantitative estimate of drug-likeness (QED) is 0.756. The Kier molecular flexibility index (Phi) is 2.92. The largest absolute Gasteiger partial charge is 0.315 e. The molecule has 2 aromatic rings. The van der Waals surface area contributed by atoms with Crippen molar-refractivity contribution < 1.29 is 4.79 Å². The van der Waals surface area contributed by atoms with E-state index >= 15 is 0 Å². The van der Waals surface area contributed by atoms with Crippen molar-refractivity contribution in [3.63, 3.8) is 0 Å². The zero-order valence-electron chi connectivity index (χ0n) is 10.7. The Hall–Kier alpha value is -2.38. The average molecular weight is 284 g/mol. The van der Waals surface area contributed by atoms with E-state index in [1.165, 1.54) is 0 Å². The van der Waals surface area contributed by atoms with Gasteiger partial charge in [-0.25, -0.2) is 4.98 Å². The van der Waals surface area contributed by atoms with Crippen molar-refractivity contribution in [3.05, 3.63) is 46.6 Å². The van der Waals surface area contributed by atoms with Crippen molar-refractivity contribution in [3.8, 4) is 17.3 Å². The molecule has 1 aliphatic heterocycles. The number of benzene rings is 1. The van der Waals surface area contributed by atoms with Crippen molar-refractivity contribution in [1.29, 1.82) is 5.26 Å². The van der Waals surface area contributed by atoms with Crippen LogP contribution in [0.15, 0.2) is 30.3 Å². The number of rotatable bonds is 1. The van der Waals surface area contributed by atoms with Gasteiger partial charge in [0.05, 0.1) is 17.7 Å². The van der Waals surface area contributed by atoms with Gasteiger partial charge in [0.2, 0.25) is 5.91 Å². The molecule has 0 spiro atoms. The van der Waals surface area contributed by atoms with Crippen LogP contribution in [0.5, 0.6) is 0 Å². The molecule has 0 fully saturated rings. The van der Waals surface area contributed by atoms with Gasteiger partial charge in [0.15, 0.2) is 0 Å². The molecule has 0 radical (unpaired) electrons. The number of anilines is 1. The summed E-state index contributed by atoms with van der Waals surface area (Å²) in [6.45, 7) is 0. The summed E-state index contributed by atoms with van der Waals surface area (Å²) in [5, 5.41) is 9.04. The van der Waals surface area contributed by atoms with E-state index in [1.54, 1.807) is 24.1 Å². The molecule has 20 heavy (non-hydrogen) atoms. The second-order valence-corrected chi connectivity index (χ2v) is 4.98. The van der Waals surface area contributed by atoms with Crippen molar-refractivity contribution in [2.45, 2.75) is 6.42 Å². The van der Waals surface area contributed by atoms with Crippen LogP contribution in [-0.2, 0) is 11.2 Å². The van der Waals surface area contributed by atoms with E-state index in [4.69, 9.17) is 16.9 Å². The lowest BCUT2D eigenvalue weighted by Crippen LogP contribution is -2.20. The molecule has 1 aromatic heterocycles. The summed E-state index contributed by atoms with van der Waals surface area (Å²) < 4.78 is 0. The SMILES string of the molecule is CN1C(=O)Cc2cc(-c3ccc(C#N)c(Cl)n3)ccc21. The lowest BCUT2D eigenvalue weighted by atomic mass is 10.1. The van der Waals surface area contributed by atoms with Gasteiger partial charge in [-0.05, 0) is 29.8 Å². The Morgan fingerprint density at radius 1 is 1.35 bits per heavy atom. The number of amides is 1. The minimum absolute atomic E-state index is 0.0861. The predicted octanol–water partition coefficient (Wildman–Crippen LogP) is 2.79. The molecular formula is C15H10ClN3O. The van der Waals surface area contributed by atoms with Crippen molar-refractivity contribution in [2.24, 2.45) is 0 Å². The van der Waals surface area contributed by atoms with Crippen LogP contribution in [0.1, 0.15) is 11.1 Å². The van der Waals surface area contributed by atoms with E-state index in [9.17, 15) is 4.79 Å². The average Bonchev–Trinajstić information content (AvgIpc) is 2.73. The van der Waals surface area contributed by atoms with Crippen LogP contribution in [0.2, 0.25) is 5.15 Å². The molecule has 0 bridgehead atoms. The molecule has 1 aliphatic rings.